The maximum atomic E-state index is 13.5. The molecule has 0 bridgehead atoms. The van der Waals surface area contributed by atoms with Crippen LogP contribution in [-0.4, -0.2) is 52.4 Å². The van der Waals surface area contributed by atoms with Gasteiger partial charge in [0.2, 0.25) is 5.91 Å². The number of thiophene rings is 1. The maximum absolute atomic E-state index is 13.5. The number of nitrogens with zero attached hydrogens (tertiary/aromatic N) is 3. The highest BCUT2D eigenvalue weighted by Crippen LogP contribution is 2.36. The molecule has 1 saturated heterocycles. The van der Waals surface area contributed by atoms with Crippen molar-refractivity contribution < 1.29 is 9.53 Å². The van der Waals surface area contributed by atoms with Crippen LogP contribution in [0.15, 0.2) is 9.95 Å². The highest BCUT2D eigenvalue weighted by atomic mass is 32.2. The molecule has 0 radical (unpaired) electrons. The third-order valence-electron chi connectivity index (χ3n) is 5.62. The van der Waals surface area contributed by atoms with Crippen LogP contribution in [0.1, 0.15) is 37.6 Å². The summed E-state index contributed by atoms with van der Waals surface area (Å²) in [4.78, 5) is 34.9. The van der Waals surface area contributed by atoms with Crippen molar-refractivity contribution in [2.45, 2.75) is 51.7 Å². The van der Waals surface area contributed by atoms with E-state index in [0.29, 0.717) is 55.6 Å². The summed E-state index contributed by atoms with van der Waals surface area (Å²) in [6.07, 6.45) is 3.14. The number of amides is 1. The molecular formula is C21H29N3O3S2. The zero-order chi connectivity index (χ0) is 20.5. The Morgan fingerprint density at radius 1 is 1.34 bits per heavy atom. The molecule has 1 unspecified atom stereocenters. The predicted molar refractivity (Wildman–Crippen MR) is 118 cm³/mol. The van der Waals surface area contributed by atoms with Crippen LogP contribution in [0.2, 0.25) is 0 Å². The van der Waals surface area contributed by atoms with Crippen molar-refractivity contribution in [3.8, 4) is 0 Å². The molecule has 8 heteroatoms. The van der Waals surface area contributed by atoms with Crippen molar-refractivity contribution in [1.29, 1.82) is 0 Å². The van der Waals surface area contributed by atoms with Gasteiger partial charge in [-0.1, -0.05) is 32.5 Å². The van der Waals surface area contributed by atoms with E-state index in [1.165, 1.54) is 22.2 Å². The first-order valence-corrected chi connectivity index (χ1v) is 12.3. The SMILES string of the molecule is CC(C)Cn1c(SCC(=O)N2CCOCC2)nc2sc3c(c2c1=O)CCC(C)C3. The highest BCUT2D eigenvalue weighted by Gasteiger charge is 2.25. The Bertz CT molecular complexity index is 960. The molecule has 3 heterocycles. The van der Waals surface area contributed by atoms with E-state index in [9.17, 15) is 9.59 Å². The molecule has 2 aromatic heterocycles. The molecular weight excluding hydrogens is 406 g/mol. The van der Waals surface area contributed by atoms with Gasteiger partial charge < -0.3 is 9.64 Å². The lowest BCUT2D eigenvalue weighted by Crippen LogP contribution is -2.41. The highest BCUT2D eigenvalue weighted by molar-refractivity contribution is 7.99. The van der Waals surface area contributed by atoms with Gasteiger partial charge in [0.15, 0.2) is 5.16 Å². The number of ether oxygens (including phenoxy) is 1. The van der Waals surface area contributed by atoms with Crippen LogP contribution in [0.25, 0.3) is 10.2 Å². The number of rotatable bonds is 5. The Kier molecular flexibility index (Phi) is 6.32. The zero-order valence-electron chi connectivity index (χ0n) is 17.4. The van der Waals surface area contributed by atoms with Crippen LogP contribution in [-0.2, 0) is 28.9 Å². The van der Waals surface area contributed by atoms with Crippen molar-refractivity contribution >= 4 is 39.2 Å². The fourth-order valence-corrected chi connectivity index (χ4v) is 6.41. The minimum atomic E-state index is 0.0667. The number of aryl methyl sites for hydroxylation is 1. The van der Waals surface area contributed by atoms with Gasteiger partial charge in [0, 0.05) is 24.5 Å². The standard InChI is InChI=1S/C21H29N3O3S2/c1-13(2)11-24-20(26)18-15-5-4-14(3)10-16(15)29-19(18)22-21(24)28-12-17(25)23-6-8-27-9-7-23/h13-14H,4-12H2,1-3H3. The van der Waals surface area contributed by atoms with Gasteiger partial charge in [-0.15, -0.1) is 11.3 Å². The van der Waals surface area contributed by atoms with Gasteiger partial charge in [-0.25, -0.2) is 4.98 Å². The van der Waals surface area contributed by atoms with E-state index in [1.54, 1.807) is 15.9 Å². The summed E-state index contributed by atoms with van der Waals surface area (Å²) in [5, 5.41) is 1.49. The predicted octanol–water partition coefficient (Wildman–Crippen LogP) is 3.19. The van der Waals surface area contributed by atoms with Crippen molar-refractivity contribution in [3.05, 3.63) is 20.8 Å². The molecule has 2 aliphatic rings. The molecule has 4 rings (SSSR count). The second-order valence-corrected chi connectivity index (χ2v) is 10.5. The van der Waals surface area contributed by atoms with Crippen molar-refractivity contribution in [3.63, 3.8) is 0 Å². The normalized spacial score (nSPS) is 19.7. The van der Waals surface area contributed by atoms with E-state index >= 15 is 0 Å². The van der Waals surface area contributed by atoms with Gasteiger partial charge >= 0.3 is 0 Å². The summed E-state index contributed by atoms with van der Waals surface area (Å²) in [7, 11) is 0. The average molecular weight is 436 g/mol. The number of hydrogen-bond acceptors (Lipinski definition) is 6. The maximum Gasteiger partial charge on any atom is 0.263 e. The summed E-state index contributed by atoms with van der Waals surface area (Å²) < 4.78 is 7.13. The summed E-state index contributed by atoms with van der Waals surface area (Å²) in [5.74, 6) is 1.38. The molecule has 1 aliphatic carbocycles. The molecule has 0 aromatic carbocycles. The Balaban J connectivity index is 1.66. The molecule has 1 fully saturated rings. The summed E-state index contributed by atoms with van der Waals surface area (Å²) in [5.41, 5.74) is 1.29. The van der Waals surface area contributed by atoms with E-state index in [0.717, 1.165) is 29.5 Å². The first-order valence-electron chi connectivity index (χ1n) is 10.5. The second kappa shape index (κ2) is 8.78. The first-order chi connectivity index (χ1) is 13.9. The molecule has 0 saturated carbocycles. The van der Waals surface area contributed by atoms with Crippen LogP contribution < -0.4 is 5.56 Å². The van der Waals surface area contributed by atoms with Crippen LogP contribution in [0, 0.1) is 11.8 Å². The molecule has 1 amide bonds. The molecule has 6 nitrogen and oxygen atoms in total. The Morgan fingerprint density at radius 2 is 2.10 bits per heavy atom. The lowest BCUT2D eigenvalue weighted by atomic mass is 9.89. The van der Waals surface area contributed by atoms with E-state index < -0.39 is 0 Å². The molecule has 1 aliphatic heterocycles. The Labute approximate surface area is 179 Å². The molecule has 158 valence electrons. The summed E-state index contributed by atoms with van der Waals surface area (Å²) >= 11 is 3.06. The van der Waals surface area contributed by atoms with Gasteiger partial charge in [0.25, 0.3) is 5.56 Å². The summed E-state index contributed by atoms with van der Waals surface area (Å²) in [6, 6.07) is 0. The smallest absolute Gasteiger partial charge is 0.263 e. The molecule has 0 N–H and O–H groups in total. The Hall–Kier alpha value is -1.38. The van der Waals surface area contributed by atoms with E-state index in [4.69, 9.17) is 9.72 Å². The van der Waals surface area contributed by atoms with E-state index in [1.807, 2.05) is 4.90 Å². The quantitative estimate of drug-likeness (QED) is 0.533. The third-order valence-corrected chi connectivity index (χ3v) is 7.73. The molecule has 2 aromatic rings. The van der Waals surface area contributed by atoms with Gasteiger partial charge in [-0.2, -0.15) is 0 Å². The fourth-order valence-electron chi connectivity index (χ4n) is 4.07. The van der Waals surface area contributed by atoms with Crippen LogP contribution in [0.4, 0.5) is 0 Å². The third kappa shape index (κ3) is 4.39. The number of morpholine rings is 1. The van der Waals surface area contributed by atoms with Crippen molar-refractivity contribution in [2.24, 2.45) is 11.8 Å². The zero-order valence-corrected chi connectivity index (χ0v) is 19.0. The number of aromatic nitrogens is 2. The molecule has 1 atom stereocenters. The topological polar surface area (TPSA) is 64.4 Å². The van der Waals surface area contributed by atoms with E-state index in [2.05, 4.69) is 20.8 Å². The van der Waals surface area contributed by atoms with Crippen LogP contribution >= 0.6 is 23.1 Å². The van der Waals surface area contributed by atoms with Gasteiger partial charge in [-0.05, 0) is 36.7 Å². The van der Waals surface area contributed by atoms with Gasteiger partial charge in [0.1, 0.15) is 4.83 Å². The number of carbonyl (C=O) groups excluding carboxylic acids is 1. The number of thioether (sulfide) groups is 1. The van der Waals surface area contributed by atoms with Crippen molar-refractivity contribution in [2.75, 3.05) is 32.1 Å². The number of carbonyl (C=O) groups is 1. The van der Waals surface area contributed by atoms with Crippen molar-refractivity contribution in [1.82, 2.24) is 14.5 Å². The number of hydrogen-bond donors (Lipinski definition) is 0. The number of fused-ring (bicyclic) bond motifs is 3. The van der Waals surface area contributed by atoms with Crippen LogP contribution in [0.3, 0.4) is 0 Å². The van der Waals surface area contributed by atoms with Gasteiger partial charge in [-0.3, -0.25) is 14.2 Å². The second-order valence-electron chi connectivity index (χ2n) is 8.52. The van der Waals surface area contributed by atoms with Gasteiger partial charge in [0.05, 0.1) is 24.4 Å². The first kappa shape index (κ1) is 20.9. The van der Waals surface area contributed by atoms with Crippen LogP contribution in [0.5, 0.6) is 0 Å². The fraction of sp³-hybridized carbons (Fsp3) is 0.667. The molecule has 29 heavy (non-hydrogen) atoms. The lowest BCUT2D eigenvalue weighted by Gasteiger charge is -2.26. The summed E-state index contributed by atoms with van der Waals surface area (Å²) in [6.45, 7) is 9.58. The minimum absolute atomic E-state index is 0.0667. The van der Waals surface area contributed by atoms with E-state index in [-0.39, 0.29) is 11.5 Å². The largest absolute Gasteiger partial charge is 0.378 e. The monoisotopic (exact) mass is 435 g/mol. The average Bonchev–Trinajstić information content (AvgIpc) is 3.06. The molecule has 0 spiro atoms. The Morgan fingerprint density at radius 3 is 2.83 bits per heavy atom. The minimum Gasteiger partial charge on any atom is -0.378 e. The lowest BCUT2D eigenvalue weighted by molar-refractivity contribution is -0.132.